The molecule has 2 amide bonds. The average Bonchev–Trinajstić information content (AvgIpc) is 3.12. The fourth-order valence-electron chi connectivity index (χ4n) is 2.87. The Balaban J connectivity index is 1.52. The van der Waals surface area contributed by atoms with Gasteiger partial charge in [0.25, 0.3) is 11.6 Å². The lowest BCUT2D eigenvalue weighted by Crippen LogP contribution is -2.51. The molecule has 2 heterocycles. The molecule has 0 unspecified atom stereocenters. The SMILES string of the molecule is O=C(NCC(=O)N1CCN(c2ccccc2[N+](=O)[O-])CC1)c1ccc(Br)o1. The van der Waals surface area contributed by atoms with E-state index in [0.29, 0.717) is 36.5 Å². The molecule has 142 valence electrons. The van der Waals surface area contributed by atoms with Gasteiger partial charge in [0.15, 0.2) is 10.4 Å². The molecule has 3 rings (SSSR count). The monoisotopic (exact) mass is 436 g/mol. The van der Waals surface area contributed by atoms with Crippen LogP contribution in [-0.4, -0.2) is 54.4 Å². The molecule has 10 heteroatoms. The van der Waals surface area contributed by atoms with Gasteiger partial charge in [-0.3, -0.25) is 19.7 Å². The Morgan fingerprint density at radius 1 is 1.15 bits per heavy atom. The highest BCUT2D eigenvalue weighted by Gasteiger charge is 2.25. The van der Waals surface area contributed by atoms with E-state index in [4.69, 9.17) is 4.42 Å². The fourth-order valence-corrected chi connectivity index (χ4v) is 3.18. The first-order chi connectivity index (χ1) is 13.0. The molecule has 0 saturated carbocycles. The van der Waals surface area contributed by atoms with Gasteiger partial charge in [0, 0.05) is 32.2 Å². The lowest BCUT2D eigenvalue weighted by atomic mass is 10.2. The van der Waals surface area contributed by atoms with E-state index in [9.17, 15) is 19.7 Å². The zero-order chi connectivity index (χ0) is 19.4. The maximum Gasteiger partial charge on any atom is 0.292 e. The number of anilines is 1. The predicted molar refractivity (Wildman–Crippen MR) is 101 cm³/mol. The van der Waals surface area contributed by atoms with Crippen LogP contribution < -0.4 is 10.2 Å². The van der Waals surface area contributed by atoms with Gasteiger partial charge >= 0.3 is 0 Å². The molecule has 1 aliphatic heterocycles. The summed E-state index contributed by atoms with van der Waals surface area (Å²) >= 11 is 3.11. The molecule has 1 N–H and O–H groups in total. The zero-order valence-corrected chi connectivity index (χ0v) is 15.8. The molecule has 0 spiro atoms. The van der Waals surface area contributed by atoms with Crippen molar-refractivity contribution in [3.63, 3.8) is 0 Å². The van der Waals surface area contributed by atoms with Crippen molar-refractivity contribution in [2.24, 2.45) is 0 Å². The number of carbonyl (C=O) groups is 2. The van der Waals surface area contributed by atoms with Crippen molar-refractivity contribution in [1.82, 2.24) is 10.2 Å². The molecule has 0 radical (unpaired) electrons. The topological polar surface area (TPSA) is 109 Å². The van der Waals surface area contributed by atoms with Crippen LogP contribution in [0.15, 0.2) is 45.5 Å². The highest BCUT2D eigenvalue weighted by molar-refractivity contribution is 9.10. The molecule has 0 bridgehead atoms. The van der Waals surface area contributed by atoms with Gasteiger partial charge in [0.05, 0.1) is 11.5 Å². The van der Waals surface area contributed by atoms with Crippen LogP contribution in [0.2, 0.25) is 0 Å². The average molecular weight is 437 g/mol. The van der Waals surface area contributed by atoms with E-state index in [-0.39, 0.29) is 23.9 Å². The van der Waals surface area contributed by atoms with E-state index in [1.807, 2.05) is 4.90 Å². The van der Waals surface area contributed by atoms with E-state index in [2.05, 4.69) is 21.2 Å². The Morgan fingerprint density at radius 2 is 1.85 bits per heavy atom. The predicted octanol–water partition coefficient (Wildman–Crippen LogP) is 2.03. The van der Waals surface area contributed by atoms with Gasteiger partial charge in [0.1, 0.15) is 5.69 Å². The number of halogens is 1. The number of rotatable bonds is 5. The lowest BCUT2D eigenvalue weighted by Gasteiger charge is -2.35. The Hall–Kier alpha value is -2.88. The third-order valence-corrected chi connectivity index (χ3v) is 4.67. The number of carbonyl (C=O) groups excluding carboxylic acids is 2. The van der Waals surface area contributed by atoms with E-state index in [1.54, 1.807) is 29.2 Å². The highest BCUT2D eigenvalue weighted by atomic mass is 79.9. The third kappa shape index (κ3) is 4.45. The maximum absolute atomic E-state index is 12.3. The molecular formula is C17H17BrN4O5. The molecule has 0 atom stereocenters. The number of para-hydroxylation sites is 2. The van der Waals surface area contributed by atoms with Crippen LogP contribution in [0, 0.1) is 10.1 Å². The van der Waals surface area contributed by atoms with Crippen molar-refractivity contribution in [3.8, 4) is 0 Å². The number of amides is 2. The summed E-state index contributed by atoms with van der Waals surface area (Å²) < 4.78 is 5.57. The van der Waals surface area contributed by atoms with Gasteiger partial charge in [0.2, 0.25) is 5.91 Å². The molecule has 0 aliphatic carbocycles. The second kappa shape index (κ2) is 8.21. The van der Waals surface area contributed by atoms with Gasteiger partial charge in [-0.2, -0.15) is 0 Å². The van der Waals surface area contributed by atoms with Crippen molar-refractivity contribution >= 4 is 39.1 Å². The van der Waals surface area contributed by atoms with E-state index < -0.39 is 10.8 Å². The van der Waals surface area contributed by atoms with Crippen LogP contribution in [0.25, 0.3) is 0 Å². The number of nitro benzene ring substituents is 1. The summed E-state index contributed by atoms with van der Waals surface area (Å²) in [5, 5.41) is 13.7. The minimum atomic E-state index is -0.465. The molecule has 1 fully saturated rings. The molecular weight excluding hydrogens is 420 g/mol. The summed E-state index contributed by atoms with van der Waals surface area (Å²) in [5.74, 6) is -0.556. The summed E-state index contributed by atoms with van der Waals surface area (Å²) in [6.07, 6.45) is 0. The third-order valence-electron chi connectivity index (χ3n) is 4.25. The van der Waals surface area contributed by atoms with E-state index >= 15 is 0 Å². The number of nitro groups is 1. The van der Waals surface area contributed by atoms with Gasteiger partial charge in [-0.1, -0.05) is 12.1 Å². The zero-order valence-electron chi connectivity index (χ0n) is 14.3. The minimum Gasteiger partial charge on any atom is -0.444 e. The highest BCUT2D eigenvalue weighted by Crippen LogP contribution is 2.28. The van der Waals surface area contributed by atoms with Crippen LogP contribution in [0.4, 0.5) is 11.4 Å². The molecule has 1 saturated heterocycles. The summed E-state index contributed by atoms with van der Waals surface area (Å²) in [7, 11) is 0. The first-order valence-electron chi connectivity index (χ1n) is 8.25. The first-order valence-corrected chi connectivity index (χ1v) is 9.04. The Morgan fingerprint density at radius 3 is 2.48 bits per heavy atom. The van der Waals surface area contributed by atoms with Gasteiger partial charge in [-0.25, -0.2) is 0 Å². The van der Waals surface area contributed by atoms with Gasteiger partial charge < -0.3 is 19.5 Å². The molecule has 27 heavy (non-hydrogen) atoms. The summed E-state index contributed by atoms with van der Waals surface area (Å²) in [6, 6.07) is 9.66. The summed E-state index contributed by atoms with van der Waals surface area (Å²) in [6.45, 7) is 1.67. The van der Waals surface area contributed by atoms with Crippen LogP contribution in [0.1, 0.15) is 10.6 Å². The largest absolute Gasteiger partial charge is 0.444 e. The van der Waals surface area contributed by atoms with Crippen LogP contribution >= 0.6 is 15.9 Å². The Bertz CT molecular complexity index is 861. The molecule has 1 aromatic carbocycles. The Kier molecular flexibility index (Phi) is 5.75. The molecule has 9 nitrogen and oxygen atoms in total. The van der Waals surface area contributed by atoms with Crippen LogP contribution in [0.5, 0.6) is 0 Å². The maximum atomic E-state index is 12.3. The van der Waals surface area contributed by atoms with Gasteiger partial charge in [-0.05, 0) is 34.1 Å². The van der Waals surface area contributed by atoms with Crippen molar-refractivity contribution in [3.05, 3.63) is 56.9 Å². The number of nitrogens with one attached hydrogen (secondary N) is 1. The van der Waals surface area contributed by atoms with Gasteiger partial charge in [-0.15, -0.1) is 0 Å². The van der Waals surface area contributed by atoms with Crippen molar-refractivity contribution < 1.29 is 18.9 Å². The second-order valence-electron chi connectivity index (χ2n) is 5.90. The quantitative estimate of drug-likeness (QED) is 0.567. The second-order valence-corrected chi connectivity index (χ2v) is 6.68. The molecule has 2 aromatic rings. The Labute approximate surface area is 163 Å². The molecule has 1 aromatic heterocycles. The number of nitrogens with zero attached hydrogens (tertiary/aromatic N) is 3. The van der Waals surface area contributed by atoms with E-state index in [0.717, 1.165) is 0 Å². The van der Waals surface area contributed by atoms with Crippen LogP contribution in [0.3, 0.4) is 0 Å². The standard InChI is InChI=1S/C17H17BrN4O5/c18-15-6-5-14(27-15)17(24)19-11-16(23)21-9-7-20(8-10-21)12-3-1-2-4-13(12)22(25)26/h1-6H,7-11H2,(H,19,24). The number of furan rings is 1. The van der Waals surface area contributed by atoms with Crippen molar-refractivity contribution in [1.29, 1.82) is 0 Å². The van der Waals surface area contributed by atoms with Crippen LogP contribution in [-0.2, 0) is 4.79 Å². The van der Waals surface area contributed by atoms with Crippen molar-refractivity contribution in [2.75, 3.05) is 37.6 Å². The fraction of sp³-hybridized carbons (Fsp3) is 0.294. The first kappa shape index (κ1) is 18.9. The number of piperazine rings is 1. The van der Waals surface area contributed by atoms with E-state index in [1.165, 1.54) is 12.1 Å². The normalized spacial score (nSPS) is 14.1. The molecule has 1 aliphatic rings. The lowest BCUT2D eigenvalue weighted by molar-refractivity contribution is -0.384. The number of hydrogen-bond donors (Lipinski definition) is 1. The number of benzene rings is 1. The summed E-state index contributed by atoms with van der Waals surface area (Å²) in [5.41, 5.74) is 0.598. The minimum absolute atomic E-state index is 0.0501. The number of hydrogen-bond acceptors (Lipinski definition) is 6. The summed E-state index contributed by atoms with van der Waals surface area (Å²) in [4.78, 5) is 38.5. The smallest absolute Gasteiger partial charge is 0.292 e. The van der Waals surface area contributed by atoms with Crippen molar-refractivity contribution in [2.45, 2.75) is 0 Å².